The molecule has 0 amide bonds. The van der Waals surface area contributed by atoms with E-state index in [-0.39, 0.29) is 0 Å². The fraction of sp³-hybridized carbons (Fsp3) is 0.556. The highest BCUT2D eigenvalue weighted by Gasteiger charge is 2.30. The largest absolute Gasteiger partial charge is 0.416 e. The average Bonchev–Trinajstić information content (AvgIpc) is 2.60. The molecule has 1 aromatic rings. The van der Waals surface area contributed by atoms with Crippen molar-refractivity contribution in [2.45, 2.75) is 33.9 Å². The Balaban J connectivity index is 0. The molecule has 0 unspecified atom stereocenters. The van der Waals surface area contributed by atoms with Gasteiger partial charge in [0.15, 0.2) is 0 Å². The molecule has 0 aliphatic carbocycles. The number of halogens is 3. The van der Waals surface area contributed by atoms with Gasteiger partial charge in [-0.3, -0.25) is 0 Å². The van der Waals surface area contributed by atoms with Gasteiger partial charge in [-0.15, -0.1) is 13.2 Å². The number of rotatable bonds is 1. The van der Waals surface area contributed by atoms with Crippen LogP contribution in [0.5, 0.6) is 0 Å². The summed E-state index contributed by atoms with van der Waals surface area (Å²) in [4.78, 5) is 4.17. The van der Waals surface area contributed by atoms with Gasteiger partial charge in [0.05, 0.1) is 5.56 Å². The van der Waals surface area contributed by atoms with Crippen LogP contribution in [0.15, 0.2) is 37.4 Å². The van der Waals surface area contributed by atoms with Crippen molar-refractivity contribution in [2.75, 3.05) is 38.1 Å². The first-order valence-corrected chi connectivity index (χ1v) is 8.07. The summed E-state index contributed by atoms with van der Waals surface area (Å²) in [5.41, 5.74) is 0.0850. The number of alkyl halides is 3. The molecular weight excluding hydrogens is 301 g/mol. The predicted molar refractivity (Wildman–Crippen MR) is 95.1 cm³/mol. The van der Waals surface area contributed by atoms with Gasteiger partial charge in [0.25, 0.3) is 0 Å². The van der Waals surface area contributed by atoms with Crippen LogP contribution in [-0.4, -0.2) is 38.1 Å². The molecule has 0 radical (unpaired) electrons. The van der Waals surface area contributed by atoms with Crippen molar-refractivity contribution in [1.82, 2.24) is 4.90 Å². The third kappa shape index (κ3) is 8.65. The van der Waals surface area contributed by atoms with Crippen LogP contribution in [0.3, 0.4) is 0 Å². The average molecular weight is 332 g/mol. The summed E-state index contributed by atoms with van der Waals surface area (Å²) in [6, 6.07) is 5.54. The van der Waals surface area contributed by atoms with Crippen LogP contribution in [0.4, 0.5) is 18.9 Å². The Morgan fingerprint density at radius 2 is 1.39 bits per heavy atom. The molecule has 0 N–H and O–H groups in total. The maximum Gasteiger partial charge on any atom is 0.416 e. The smallest absolute Gasteiger partial charge is 0.369 e. The summed E-state index contributed by atoms with van der Waals surface area (Å²) in [7, 11) is 2.02. The highest BCUT2D eigenvalue weighted by molar-refractivity contribution is 5.49. The van der Waals surface area contributed by atoms with E-state index < -0.39 is 11.7 Å². The van der Waals surface area contributed by atoms with Crippen LogP contribution >= 0.6 is 0 Å². The first-order chi connectivity index (χ1) is 11.0. The number of likely N-dealkylation sites (N-methyl/N-ethyl adjacent to an activating group) is 1. The van der Waals surface area contributed by atoms with Crippen LogP contribution in [-0.2, 0) is 6.18 Å². The van der Waals surface area contributed by atoms with Gasteiger partial charge in [0.1, 0.15) is 0 Å². The fourth-order valence-corrected chi connectivity index (χ4v) is 1.94. The summed E-state index contributed by atoms with van der Waals surface area (Å²) in [6.45, 7) is 17.3. The molecule has 1 fully saturated rings. The SMILES string of the molecule is C=C.CC.CC.CN1CCN(c2cccc(C(F)(F)F)c2)CC1. The molecule has 2 nitrogen and oxygen atoms in total. The number of benzene rings is 1. The maximum atomic E-state index is 12.6. The minimum atomic E-state index is -4.26. The number of anilines is 1. The predicted octanol–water partition coefficient (Wildman–Crippen LogP) is 5.31. The second-order valence-corrected chi connectivity index (χ2v) is 4.34. The molecule has 134 valence electrons. The lowest BCUT2D eigenvalue weighted by molar-refractivity contribution is -0.137. The van der Waals surface area contributed by atoms with E-state index in [4.69, 9.17) is 0 Å². The minimum Gasteiger partial charge on any atom is -0.369 e. The zero-order valence-electron chi connectivity index (χ0n) is 15.1. The molecule has 1 saturated heterocycles. The second kappa shape index (κ2) is 13.0. The molecule has 0 bridgehead atoms. The fourth-order valence-electron chi connectivity index (χ4n) is 1.94. The Labute approximate surface area is 139 Å². The minimum absolute atomic E-state index is 0.575. The van der Waals surface area contributed by atoms with E-state index >= 15 is 0 Å². The standard InChI is InChI=1S/C12H15F3N2.2C2H6.C2H4/c1-16-5-7-17(8-6-16)11-4-2-3-10(9-11)12(13,14)15;3*1-2/h2-4,9H,5-8H2,1H3;2*1-2H3;1-2H2. The van der Waals surface area contributed by atoms with Crippen molar-refractivity contribution < 1.29 is 13.2 Å². The molecule has 0 spiro atoms. The molecule has 23 heavy (non-hydrogen) atoms. The van der Waals surface area contributed by atoms with E-state index in [1.165, 1.54) is 12.1 Å². The van der Waals surface area contributed by atoms with Crippen molar-refractivity contribution in [3.05, 3.63) is 43.0 Å². The van der Waals surface area contributed by atoms with Gasteiger partial charge in [-0.05, 0) is 25.2 Å². The van der Waals surface area contributed by atoms with Gasteiger partial charge in [0.2, 0.25) is 0 Å². The molecule has 2 rings (SSSR count). The number of piperazine rings is 1. The van der Waals surface area contributed by atoms with Crippen LogP contribution in [0.2, 0.25) is 0 Å². The van der Waals surface area contributed by atoms with Crippen LogP contribution < -0.4 is 4.90 Å². The van der Waals surface area contributed by atoms with Crippen molar-refractivity contribution in [2.24, 2.45) is 0 Å². The Hall–Kier alpha value is -1.49. The monoisotopic (exact) mass is 332 g/mol. The number of hydrogen-bond donors (Lipinski definition) is 0. The quantitative estimate of drug-likeness (QED) is 0.643. The lowest BCUT2D eigenvalue weighted by Crippen LogP contribution is -2.44. The van der Waals surface area contributed by atoms with E-state index in [1.54, 1.807) is 6.07 Å². The van der Waals surface area contributed by atoms with Crippen LogP contribution in [0.25, 0.3) is 0 Å². The van der Waals surface area contributed by atoms with Crippen LogP contribution in [0, 0.1) is 0 Å². The summed E-state index contributed by atoms with van der Waals surface area (Å²) < 4.78 is 37.7. The van der Waals surface area contributed by atoms with Gasteiger partial charge in [0, 0.05) is 31.9 Å². The maximum absolute atomic E-state index is 12.6. The first kappa shape index (κ1) is 23.8. The summed E-state index contributed by atoms with van der Waals surface area (Å²) in [5, 5.41) is 0. The van der Waals surface area contributed by atoms with E-state index in [1.807, 2.05) is 39.6 Å². The van der Waals surface area contributed by atoms with E-state index in [2.05, 4.69) is 18.1 Å². The molecule has 1 aliphatic heterocycles. The Morgan fingerprint density at radius 3 is 1.83 bits per heavy atom. The Kier molecular flexibility index (Phi) is 13.4. The van der Waals surface area contributed by atoms with Crippen molar-refractivity contribution in [3.8, 4) is 0 Å². The van der Waals surface area contributed by atoms with Crippen molar-refractivity contribution >= 4 is 5.69 Å². The van der Waals surface area contributed by atoms with E-state index in [9.17, 15) is 13.2 Å². The summed E-state index contributed by atoms with van der Waals surface area (Å²) in [5.74, 6) is 0. The molecule has 0 aromatic heterocycles. The van der Waals surface area contributed by atoms with Crippen molar-refractivity contribution in [1.29, 1.82) is 0 Å². The highest BCUT2D eigenvalue weighted by Crippen LogP contribution is 2.31. The zero-order valence-corrected chi connectivity index (χ0v) is 15.1. The summed E-state index contributed by atoms with van der Waals surface area (Å²) >= 11 is 0. The Bertz CT molecular complexity index is 397. The van der Waals surface area contributed by atoms with Gasteiger partial charge in [-0.1, -0.05) is 33.8 Å². The van der Waals surface area contributed by atoms with Crippen LogP contribution in [0.1, 0.15) is 33.3 Å². The molecule has 1 aromatic carbocycles. The third-order valence-electron chi connectivity index (χ3n) is 3.04. The lowest BCUT2D eigenvalue weighted by Gasteiger charge is -2.34. The van der Waals surface area contributed by atoms with Gasteiger partial charge < -0.3 is 9.80 Å². The molecular formula is C18H31F3N2. The normalized spacial score (nSPS) is 14.3. The first-order valence-electron chi connectivity index (χ1n) is 8.07. The second-order valence-electron chi connectivity index (χ2n) is 4.34. The molecule has 0 atom stereocenters. The summed E-state index contributed by atoms with van der Waals surface area (Å²) in [6.07, 6.45) is -4.26. The molecule has 1 aliphatic rings. The zero-order chi connectivity index (χ0) is 18.5. The lowest BCUT2D eigenvalue weighted by atomic mass is 10.1. The number of nitrogens with zero attached hydrogens (tertiary/aromatic N) is 2. The molecule has 1 heterocycles. The van der Waals surface area contributed by atoms with Crippen molar-refractivity contribution in [3.63, 3.8) is 0 Å². The molecule has 5 heteroatoms. The van der Waals surface area contributed by atoms with E-state index in [0.717, 1.165) is 32.2 Å². The highest BCUT2D eigenvalue weighted by atomic mass is 19.4. The van der Waals surface area contributed by atoms with Gasteiger partial charge in [-0.25, -0.2) is 0 Å². The van der Waals surface area contributed by atoms with E-state index in [0.29, 0.717) is 5.69 Å². The third-order valence-corrected chi connectivity index (χ3v) is 3.04. The molecule has 0 saturated carbocycles. The van der Waals surface area contributed by atoms with Gasteiger partial charge >= 0.3 is 6.18 Å². The van der Waals surface area contributed by atoms with Gasteiger partial charge in [-0.2, -0.15) is 13.2 Å². The Morgan fingerprint density at radius 1 is 0.913 bits per heavy atom. The topological polar surface area (TPSA) is 6.48 Å². The number of hydrogen-bond acceptors (Lipinski definition) is 2.